The zero-order chi connectivity index (χ0) is 22.9. The number of thioether (sulfide) groups is 1. The molecule has 0 unspecified atom stereocenters. The maximum absolute atomic E-state index is 14.3. The van der Waals surface area contributed by atoms with Crippen LogP contribution in [0.3, 0.4) is 0 Å². The molecule has 0 atom stereocenters. The number of halogens is 1. The van der Waals surface area contributed by atoms with Gasteiger partial charge in [-0.3, -0.25) is 9.69 Å². The number of methoxy groups -OCH3 is 1. The van der Waals surface area contributed by atoms with Gasteiger partial charge in [-0.1, -0.05) is 60.4 Å². The van der Waals surface area contributed by atoms with Crippen LogP contribution in [0, 0.1) is 5.82 Å². The zero-order valence-corrected chi connectivity index (χ0v) is 19.3. The lowest BCUT2D eigenvalue weighted by molar-refractivity contribution is -0.113. The normalized spacial score (nSPS) is 15.1. The fourth-order valence-corrected chi connectivity index (χ4v) is 5.18. The topological polar surface area (TPSA) is 34.5 Å². The first kappa shape index (κ1) is 21.4. The number of amides is 1. The smallest absolute Gasteiger partial charge is 0.270 e. The molecule has 1 saturated heterocycles. The molecule has 0 spiro atoms. The molecule has 4 aromatic rings. The predicted molar refractivity (Wildman–Crippen MR) is 136 cm³/mol. The Morgan fingerprint density at radius 3 is 2.52 bits per heavy atom. The van der Waals surface area contributed by atoms with Gasteiger partial charge < -0.3 is 9.30 Å². The lowest BCUT2D eigenvalue weighted by Gasteiger charge is -2.14. The van der Waals surface area contributed by atoms with Crippen LogP contribution in [0.15, 0.2) is 83.9 Å². The van der Waals surface area contributed by atoms with Crippen molar-refractivity contribution in [1.29, 1.82) is 0 Å². The summed E-state index contributed by atoms with van der Waals surface area (Å²) in [6.45, 7) is 0.397. The molecule has 7 heteroatoms. The first-order chi connectivity index (χ1) is 16.0. The van der Waals surface area contributed by atoms with Crippen molar-refractivity contribution < 1.29 is 13.9 Å². The standard InChI is InChI=1S/C26H19FN2O2S2/c1-31-20-12-10-19(11-13-20)29-25(30)24(33-26(29)32)14-18-16-28(23-9-5-3-7-21(18)23)15-17-6-2-4-8-22(17)27/h2-14,16H,15H2,1H3/b24-14-. The number of benzene rings is 3. The molecule has 1 aliphatic heterocycles. The van der Waals surface area contributed by atoms with E-state index in [0.717, 1.165) is 16.5 Å². The second-order valence-corrected chi connectivity index (χ2v) is 9.21. The van der Waals surface area contributed by atoms with Gasteiger partial charge in [0.05, 0.1) is 24.2 Å². The van der Waals surface area contributed by atoms with E-state index in [9.17, 15) is 9.18 Å². The number of hydrogen-bond acceptors (Lipinski definition) is 4. The number of para-hydroxylation sites is 1. The van der Waals surface area contributed by atoms with E-state index < -0.39 is 0 Å². The van der Waals surface area contributed by atoms with Crippen molar-refractivity contribution in [2.45, 2.75) is 6.54 Å². The Balaban J connectivity index is 1.51. The summed E-state index contributed by atoms with van der Waals surface area (Å²) < 4.78 is 21.9. The van der Waals surface area contributed by atoms with Crippen molar-refractivity contribution in [2.75, 3.05) is 12.0 Å². The summed E-state index contributed by atoms with van der Waals surface area (Å²) in [5, 5.41) is 0.989. The minimum atomic E-state index is -0.239. The number of anilines is 1. The molecule has 3 aromatic carbocycles. The van der Waals surface area contributed by atoms with Crippen molar-refractivity contribution in [3.8, 4) is 5.75 Å². The van der Waals surface area contributed by atoms with Crippen LogP contribution >= 0.6 is 24.0 Å². The molecule has 1 amide bonds. The number of carbonyl (C=O) groups excluding carboxylic acids is 1. The van der Waals surface area contributed by atoms with Crippen molar-refractivity contribution >= 4 is 56.9 Å². The van der Waals surface area contributed by atoms with Gasteiger partial charge in [0.1, 0.15) is 11.6 Å². The summed E-state index contributed by atoms with van der Waals surface area (Å²) >= 11 is 6.78. The fourth-order valence-electron chi connectivity index (χ4n) is 3.89. The highest BCUT2D eigenvalue weighted by Gasteiger charge is 2.33. The molecule has 1 aromatic heterocycles. The third-order valence-corrected chi connectivity index (χ3v) is 6.83. The first-order valence-corrected chi connectivity index (χ1v) is 11.5. The highest BCUT2D eigenvalue weighted by molar-refractivity contribution is 8.27. The lowest BCUT2D eigenvalue weighted by Crippen LogP contribution is -2.27. The molecule has 4 nitrogen and oxygen atoms in total. The Kier molecular flexibility index (Phi) is 5.74. The highest BCUT2D eigenvalue weighted by Crippen LogP contribution is 2.37. The lowest BCUT2D eigenvalue weighted by atomic mass is 10.1. The molecule has 1 aliphatic rings. The number of nitrogens with zero attached hydrogens (tertiary/aromatic N) is 2. The fraction of sp³-hybridized carbons (Fsp3) is 0.0769. The van der Waals surface area contributed by atoms with Crippen LogP contribution in [0.2, 0.25) is 0 Å². The van der Waals surface area contributed by atoms with E-state index in [2.05, 4.69) is 0 Å². The summed E-state index contributed by atoms with van der Waals surface area (Å²) in [6.07, 6.45) is 3.82. The molecule has 2 heterocycles. The molecule has 0 aliphatic carbocycles. The van der Waals surface area contributed by atoms with Crippen LogP contribution < -0.4 is 9.64 Å². The van der Waals surface area contributed by atoms with E-state index in [0.29, 0.717) is 32.8 Å². The average Bonchev–Trinajstić information content (AvgIpc) is 3.32. The highest BCUT2D eigenvalue weighted by atomic mass is 32.2. The second kappa shape index (κ2) is 8.84. The summed E-state index contributed by atoms with van der Waals surface area (Å²) in [6, 6.07) is 21.9. The molecule has 0 bridgehead atoms. The van der Waals surface area contributed by atoms with E-state index in [-0.39, 0.29) is 11.7 Å². The summed E-state index contributed by atoms with van der Waals surface area (Å²) in [4.78, 5) is 15.3. The average molecular weight is 475 g/mol. The van der Waals surface area contributed by atoms with Gasteiger partial charge in [0.25, 0.3) is 5.91 Å². The van der Waals surface area contributed by atoms with Crippen LogP contribution in [-0.2, 0) is 11.3 Å². The number of fused-ring (bicyclic) bond motifs is 1. The Labute approximate surface area is 200 Å². The number of rotatable bonds is 5. The van der Waals surface area contributed by atoms with Crippen LogP contribution in [0.5, 0.6) is 5.75 Å². The van der Waals surface area contributed by atoms with E-state index in [1.54, 1.807) is 31.4 Å². The maximum atomic E-state index is 14.3. The number of thiocarbonyl (C=S) groups is 1. The van der Waals surface area contributed by atoms with Crippen molar-refractivity contribution in [2.24, 2.45) is 0 Å². The van der Waals surface area contributed by atoms with E-state index in [1.807, 2.05) is 59.3 Å². The van der Waals surface area contributed by atoms with E-state index in [1.165, 1.54) is 22.7 Å². The zero-order valence-electron chi connectivity index (χ0n) is 17.7. The molecule has 5 rings (SSSR count). The second-order valence-electron chi connectivity index (χ2n) is 7.54. The molecule has 0 N–H and O–H groups in total. The largest absolute Gasteiger partial charge is 0.497 e. The Bertz CT molecular complexity index is 1410. The minimum Gasteiger partial charge on any atom is -0.497 e. The quantitative estimate of drug-likeness (QED) is 0.253. The summed E-state index contributed by atoms with van der Waals surface area (Å²) in [5.74, 6) is 0.306. The molecule has 1 fully saturated rings. The molecular formula is C26H19FN2O2S2. The Morgan fingerprint density at radius 2 is 1.76 bits per heavy atom. The number of aromatic nitrogens is 1. The van der Waals surface area contributed by atoms with Gasteiger partial charge in [-0.25, -0.2) is 4.39 Å². The van der Waals surface area contributed by atoms with Gasteiger partial charge in [0, 0.05) is 28.2 Å². The van der Waals surface area contributed by atoms with Crippen LogP contribution in [0.25, 0.3) is 17.0 Å². The monoisotopic (exact) mass is 474 g/mol. The van der Waals surface area contributed by atoms with Gasteiger partial charge in [0.2, 0.25) is 0 Å². The summed E-state index contributed by atoms with van der Waals surface area (Å²) in [5.41, 5.74) is 3.16. The predicted octanol–water partition coefficient (Wildman–Crippen LogP) is 6.24. The third-order valence-electron chi connectivity index (χ3n) is 5.53. The van der Waals surface area contributed by atoms with Crippen molar-refractivity contribution in [1.82, 2.24) is 4.57 Å². The van der Waals surface area contributed by atoms with Crippen LogP contribution in [0.4, 0.5) is 10.1 Å². The van der Waals surface area contributed by atoms with Gasteiger partial charge in [0.15, 0.2) is 4.32 Å². The van der Waals surface area contributed by atoms with E-state index >= 15 is 0 Å². The molecular weight excluding hydrogens is 455 g/mol. The SMILES string of the molecule is COc1ccc(N2C(=O)/C(=C/c3cn(Cc4ccccc4F)c4ccccc34)SC2=S)cc1. The number of hydrogen-bond donors (Lipinski definition) is 0. The maximum Gasteiger partial charge on any atom is 0.270 e. The Hall–Kier alpha value is -3.42. The van der Waals surface area contributed by atoms with Gasteiger partial charge in [-0.05, 0) is 42.5 Å². The molecule has 33 heavy (non-hydrogen) atoms. The number of ether oxygens (including phenoxy) is 1. The van der Waals surface area contributed by atoms with Crippen molar-refractivity contribution in [3.05, 3.63) is 101 Å². The minimum absolute atomic E-state index is 0.166. The molecule has 0 saturated carbocycles. The van der Waals surface area contributed by atoms with Crippen LogP contribution in [0.1, 0.15) is 11.1 Å². The van der Waals surface area contributed by atoms with Gasteiger partial charge in [-0.15, -0.1) is 0 Å². The summed E-state index contributed by atoms with van der Waals surface area (Å²) in [7, 11) is 1.60. The van der Waals surface area contributed by atoms with Crippen LogP contribution in [-0.4, -0.2) is 21.9 Å². The van der Waals surface area contributed by atoms with Crippen molar-refractivity contribution in [3.63, 3.8) is 0 Å². The van der Waals surface area contributed by atoms with Gasteiger partial charge >= 0.3 is 0 Å². The van der Waals surface area contributed by atoms with Gasteiger partial charge in [-0.2, -0.15) is 0 Å². The molecule has 0 radical (unpaired) electrons. The molecule has 164 valence electrons. The third kappa shape index (κ3) is 4.05. The first-order valence-electron chi connectivity index (χ1n) is 10.3. The number of carbonyl (C=O) groups is 1. The van der Waals surface area contributed by atoms with E-state index in [4.69, 9.17) is 17.0 Å². The Morgan fingerprint density at radius 1 is 1.03 bits per heavy atom.